The van der Waals surface area contributed by atoms with Crippen molar-refractivity contribution in [1.29, 1.82) is 0 Å². The molecule has 1 atom stereocenters. The van der Waals surface area contributed by atoms with E-state index in [1.807, 2.05) is 0 Å². The molecular formula is C22H21ClF2N5O5P. The fourth-order valence-electron chi connectivity index (χ4n) is 3.25. The first-order chi connectivity index (χ1) is 17.2. The van der Waals surface area contributed by atoms with Crippen LogP contribution in [0, 0.1) is 11.6 Å². The highest BCUT2D eigenvalue weighted by Crippen LogP contribution is 2.48. The third-order valence-corrected chi connectivity index (χ3v) is 6.79. The molecule has 2 aromatic carbocycles. The maximum absolute atomic E-state index is 14.2. The molecule has 0 spiro atoms. The van der Waals surface area contributed by atoms with Gasteiger partial charge in [-0.3, -0.25) is 18.7 Å². The summed E-state index contributed by atoms with van der Waals surface area (Å²) in [5.41, 5.74) is 1.35. The summed E-state index contributed by atoms with van der Waals surface area (Å²) in [4.78, 5) is 8.61. The Kier molecular flexibility index (Phi) is 7.82. The van der Waals surface area contributed by atoms with Crippen molar-refractivity contribution >= 4 is 36.3 Å². The monoisotopic (exact) mass is 539 g/mol. The average molecular weight is 540 g/mol. The molecule has 2 heterocycles. The Morgan fingerprint density at radius 2 is 1.89 bits per heavy atom. The minimum Gasteiger partial charge on any atom is -0.421 e. The van der Waals surface area contributed by atoms with Crippen LogP contribution in [-0.4, -0.2) is 47.0 Å². The molecule has 0 radical (unpaired) electrons. The van der Waals surface area contributed by atoms with Crippen LogP contribution < -0.4 is 10.1 Å². The second kappa shape index (κ2) is 10.9. The maximum Gasteiger partial charge on any atom is 0.474 e. The minimum atomic E-state index is -3.73. The van der Waals surface area contributed by atoms with Gasteiger partial charge in [0.1, 0.15) is 11.6 Å². The summed E-state index contributed by atoms with van der Waals surface area (Å²) in [6.45, 7) is 1.74. The van der Waals surface area contributed by atoms with Crippen molar-refractivity contribution in [3.8, 4) is 23.0 Å². The first kappa shape index (κ1) is 25.9. The number of halogens is 3. The Morgan fingerprint density at radius 3 is 2.58 bits per heavy atom. The number of benzene rings is 2. The van der Waals surface area contributed by atoms with Crippen molar-refractivity contribution in [2.75, 3.05) is 26.1 Å². The predicted octanol–water partition coefficient (Wildman–Crippen LogP) is 5.96. The van der Waals surface area contributed by atoms with Gasteiger partial charge < -0.3 is 10.1 Å². The Hall–Kier alpha value is -3.15. The van der Waals surface area contributed by atoms with Crippen molar-refractivity contribution in [1.82, 2.24) is 20.2 Å². The third-order valence-electron chi connectivity index (χ3n) is 4.94. The molecule has 36 heavy (non-hydrogen) atoms. The Bertz CT molecular complexity index is 1430. The van der Waals surface area contributed by atoms with Gasteiger partial charge >= 0.3 is 13.8 Å². The summed E-state index contributed by atoms with van der Waals surface area (Å²) in [5.74, 6) is -1.72. The summed E-state index contributed by atoms with van der Waals surface area (Å²) in [6, 6.07) is 9.69. The van der Waals surface area contributed by atoms with Gasteiger partial charge in [-0.05, 0) is 25.1 Å². The van der Waals surface area contributed by atoms with Gasteiger partial charge in [0.15, 0.2) is 17.2 Å². The van der Waals surface area contributed by atoms with Crippen LogP contribution >= 0.6 is 19.4 Å². The molecule has 4 rings (SSSR count). The predicted molar refractivity (Wildman–Crippen MR) is 129 cm³/mol. The first-order valence-electron chi connectivity index (χ1n) is 10.5. The number of aromatic amines is 1. The highest BCUT2D eigenvalue weighted by molar-refractivity contribution is 7.48. The second-order valence-corrected chi connectivity index (χ2v) is 9.66. The van der Waals surface area contributed by atoms with E-state index in [0.29, 0.717) is 27.7 Å². The Balaban J connectivity index is 1.73. The van der Waals surface area contributed by atoms with Gasteiger partial charge in [0.2, 0.25) is 0 Å². The summed E-state index contributed by atoms with van der Waals surface area (Å²) in [5, 5.41) is 11.1. The highest BCUT2D eigenvalue weighted by Gasteiger charge is 2.26. The van der Waals surface area contributed by atoms with Crippen molar-refractivity contribution in [3.05, 3.63) is 59.1 Å². The zero-order valence-electron chi connectivity index (χ0n) is 19.3. The van der Waals surface area contributed by atoms with E-state index in [-0.39, 0.29) is 29.8 Å². The van der Waals surface area contributed by atoms with E-state index >= 15 is 0 Å². The molecule has 2 N–H and O–H groups in total. The van der Waals surface area contributed by atoms with E-state index in [1.54, 1.807) is 31.2 Å². The topological polar surface area (TPSA) is 120 Å². The SMILES string of the molecule is COP(=O)(OC)OC(C)CNc1nc(Oc2ccc(F)cc2F)nc2n[nH]c(-c3ccccc3Cl)c12. The van der Waals surface area contributed by atoms with Crippen LogP contribution in [0.25, 0.3) is 22.3 Å². The van der Waals surface area contributed by atoms with Gasteiger partial charge in [0.05, 0.1) is 17.2 Å². The molecule has 0 aliphatic heterocycles. The number of anilines is 1. The van der Waals surface area contributed by atoms with Crippen LogP contribution in [0.5, 0.6) is 11.8 Å². The van der Waals surface area contributed by atoms with Crippen LogP contribution in [0.3, 0.4) is 0 Å². The first-order valence-corrected chi connectivity index (χ1v) is 12.3. The summed E-state index contributed by atoms with van der Waals surface area (Å²) >= 11 is 6.38. The number of phosphoric ester groups is 1. The molecule has 10 nitrogen and oxygen atoms in total. The van der Waals surface area contributed by atoms with E-state index in [9.17, 15) is 13.3 Å². The molecule has 0 bridgehead atoms. The van der Waals surface area contributed by atoms with E-state index in [0.717, 1.165) is 12.1 Å². The number of fused-ring (bicyclic) bond motifs is 1. The molecule has 4 aromatic rings. The van der Waals surface area contributed by atoms with Crippen molar-refractivity contribution < 1.29 is 31.7 Å². The number of hydrogen-bond donors (Lipinski definition) is 2. The van der Waals surface area contributed by atoms with Gasteiger partial charge in [-0.1, -0.05) is 29.8 Å². The molecule has 0 aliphatic rings. The quantitative estimate of drug-likeness (QED) is 0.235. The van der Waals surface area contributed by atoms with Crippen LogP contribution in [0.1, 0.15) is 6.92 Å². The second-order valence-electron chi connectivity index (χ2n) is 7.42. The van der Waals surface area contributed by atoms with E-state index in [1.165, 1.54) is 14.2 Å². The molecule has 0 saturated heterocycles. The number of hydrogen-bond acceptors (Lipinski definition) is 9. The molecule has 0 amide bonds. The normalized spacial score (nSPS) is 12.6. The highest BCUT2D eigenvalue weighted by atomic mass is 35.5. The molecule has 14 heteroatoms. The molecule has 1 unspecified atom stereocenters. The van der Waals surface area contributed by atoms with Crippen LogP contribution in [0.15, 0.2) is 42.5 Å². The molecule has 0 fully saturated rings. The lowest BCUT2D eigenvalue weighted by Gasteiger charge is -2.19. The van der Waals surface area contributed by atoms with Crippen LogP contribution in [-0.2, 0) is 18.1 Å². The van der Waals surface area contributed by atoms with Crippen LogP contribution in [0.4, 0.5) is 14.6 Å². The number of nitrogens with zero attached hydrogens (tertiary/aromatic N) is 3. The lowest BCUT2D eigenvalue weighted by molar-refractivity contribution is 0.119. The van der Waals surface area contributed by atoms with Crippen molar-refractivity contribution in [3.63, 3.8) is 0 Å². The molecule has 0 saturated carbocycles. The molecule has 2 aromatic heterocycles. The van der Waals surface area contributed by atoms with Gasteiger partial charge in [-0.2, -0.15) is 15.1 Å². The lowest BCUT2D eigenvalue weighted by atomic mass is 10.1. The largest absolute Gasteiger partial charge is 0.474 e. The van der Waals surface area contributed by atoms with Crippen LogP contribution in [0.2, 0.25) is 5.02 Å². The molecule has 0 aliphatic carbocycles. The Morgan fingerprint density at radius 1 is 1.14 bits per heavy atom. The standard InChI is InChI=1S/C22H21ClF2N5O5P/c1-12(35-36(31,32-2)33-3)11-26-20-18-19(14-6-4-5-7-15(14)23)29-30-21(18)28-22(27-20)34-17-9-8-13(24)10-16(17)25/h4-10,12H,11H2,1-3H3,(H2,26,27,28,29,30). The van der Waals surface area contributed by atoms with E-state index in [2.05, 4.69) is 25.5 Å². The zero-order chi connectivity index (χ0) is 25.9. The van der Waals surface area contributed by atoms with E-state index in [4.69, 9.17) is 29.9 Å². The van der Waals surface area contributed by atoms with Crippen molar-refractivity contribution in [2.24, 2.45) is 0 Å². The number of nitrogens with one attached hydrogen (secondary N) is 2. The maximum atomic E-state index is 14.2. The minimum absolute atomic E-state index is 0.0975. The summed E-state index contributed by atoms with van der Waals surface area (Å²) < 4.78 is 60.2. The molecule has 190 valence electrons. The number of rotatable bonds is 10. The number of H-pyrrole nitrogens is 1. The third kappa shape index (κ3) is 5.63. The fraction of sp³-hybridized carbons (Fsp3) is 0.227. The number of aromatic nitrogens is 4. The Labute approximate surface area is 209 Å². The summed E-state index contributed by atoms with van der Waals surface area (Å²) in [7, 11) is -1.32. The van der Waals surface area contributed by atoms with Gasteiger partial charge in [-0.25, -0.2) is 13.3 Å². The van der Waals surface area contributed by atoms with Gasteiger partial charge in [-0.15, -0.1) is 0 Å². The average Bonchev–Trinajstić information content (AvgIpc) is 3.28. The van der Waals surface area contributed by atoms with Crippen molar-refractivity contribution in [2.45, 2.75) is 13.0 Å². The number of ether oxygens (including phenoxy) is 1. The summed E-state index contributed by atoms with van der Waals surface area (Å²) in [6.07, 6.45) is -0.657. The number of phosphoric acid groups is 1. The lowest BCUT2D eigenvalue weighted by Crippen LogP contribution is -2.20. The molecular weight excluding hydrogens is 519 g/mol. The fourth-order valence-corrected chi connectivity index (χ4v) is 4.32. The zero-order valence-corrected chi connectivity index (χ0v) is 20.9. The smallest absolute Gasteiger partial charge is 0.421 e. The van der Waals surface area contributed by atoms with E-state index < -0.39 is 25.6 Å². The van der Waals surface area contributed by atoms with Gasteiger partial charge in [0, 0.05) is 37.4 Å². The van der Waals surface area contributed by atoms with Gasteiger partial charge in [0.25, 0.3) is 0 Å².